The number of thioether (sulfide) groups is 1. The lowest BCUT2D eigenvalue weighted by molar-refractivity contribution is -0.120. The molecule has 0 unspecified atom stereocenters. The number of hydrogen-bond acceptors (Lipinski definition) is 3. The highest BCUT2D eigenvalue weighted by Crippen LogP contribution is 2.23. The molecular formula is C23H21FN2O2S. The molecular weight excluding hydrogens is 387 g/mol. The minimum absolute atomic E-state index is 0.0723. The van der Waals surface area contributed by atoms with Crippen molar-refractivity contribution in [2.45, 2.75) is 11.4 Å². The van der Waals surface area contributed by atoms with Crippen LogP contribution in [0.1, 0.15) is 15.9 Å². The summed E-state index contributed by atoms with van der Waals surface area (Å²) in [5, 5.41) is 5.20. The van der Waals surface area contributed by atoms with Crippen LogP contribution in [0.5, 0.6) is 0 Å². The summed E-state index contributed by atoms with van der Waals surface area (Å²) in [4.78, 5) is 25.5. The molecule has 0 atom stereocenters. The second kappa shape index (κ2) is 9.89. The van der Waals surface area contributed by atoms with Gasteiger partial charge in [0.15, 0.2) is 0 Å². The zero-order valence-corrected chi connectivity index (χ0v) is 16.8. The van der Waals surface area contributed by atoms with Gasteiger partial charge >= 0.3 is 0 Å². The first-order valence-electron chi connectivity index (χ1n) is 9.09. The lowest BCUT2D eigenvalue weighted by atomic mass is 10.0. The summed E-state index contributed by atoms with van der Waals surface area (Å²) in [5.74, 6) is -1.10. The Hall–Kier alpha value is -3.12. The topological polar surface area (TPSA) is 58.2 Å². The molecule has 3 aromatic carbocycles. The highest BCUT2D eigenvalue weighted by molar-refractivity contribution is 7.98. The van der Waals surface area contributed by atoms with Crippen molar-refractivity contribution in [3.8, 4) is 11.1 Å². The van der Waals surface area contributed by atoms with E-state index in [0.717, 1.165) is 11.1 Å². The average molecular weight is 408 g/mol. The van der Waals surface area contributed by atoms with Crippen LogP contribution in [-0.4, -0.2) is 24.6 Å². The van der Waals surface area contributed by atoms with Gasteiger partial charge in [0, 0.05) is 22.6 Å². The Kier molecular flexibility index (Phi) is 7.03. The molecule has 0 heterocycles. The first-order chi connectivity index (χ1) is 14.1. The molecule has 0 aliphatic heterocycles. The molecule has 0 spiro atoms. The zero-order chi connectivity index (χ0) is 20.6. The third-order valence-corrected chi connectivity index (χ3v) is 5.14. The molecule has 0 aliphatic carbocycles. The largest absolute Gasteiger partial charge is 0.350 e. The van der Waals surface area contributed by atoms with Gasteiger partial charge in [-0.2, -0.15) is 0 Å². The third kappa shape index (κ3) is 5.68. The predicted molar refractivity (Wildman–Crippen MR) is 114 cm³/mol. The van der Waals surface area contributed by atoms with Gasteiger partial charge in [0.25, 0.3) is 5.91 Å². The molecule has 4 nitrogen and oxygen atoms in total. The summed E-state index contributed by atoms with van der Waals surface area (Å²) < 4.78 is 13.6. The van der Waals surface area contributed by atoms with Gasteiger partial charge in [-0.15, -0.1) is 11.8 Å². The molecule has 3 aromatic rings. The normalized spacial score (nSPS) is 10.4. The van der Waals surface area contributed by atoms with Gasteiger partial charge in [0.1, 0.15) is 5.82 Å². The molecule has 29 heavy (non-hydrogen) atoms. The van der Waals surface area contributed by atoms with E-state index in [0.29, 0.717) is 11.1 Å². The van der Waals surface area contributed by atoms with Crippen LogP contribution in [0.25, 0.3) is 11.1 Å². The number of carbonyl (C=O) groups is 2. The molecule has 2 amide bonds. The second-order valence-electron chi connectivity index (χ2n) is 6.36. The smallest absolute Gasteiger partial charge is 0.251 e. The fraction of sp³-hybridized carbons (Fsp3) is 0.130. The lowest BCUT2D eigenvalue weighted by Gasteiger charge is -2.09. The Bertz CT molecular complexity index is 1010. The van der Waals surface area contributed by atoms with Gasteiger partial charge in [-0.1, -0.05) is 42.5 Å². The van der Waals surface area contributed by atoms with Crippen molar-refractivity contribution < 1.29 is 14.0 Å². The van der Waals surface area contributed by atoms with Gasteiger partial charge in [-0.25, -0.2) is 4.39 Å². The lowest BCUT2D eigenvalue weighted by Crippen LogP contribution is -2.36. The maximum atomic E-state index is 13.6. The van der Waals surface area contributed by atoms with E-state index in [9.17, 15) is 14.0 Å². The number of benzene rings is 3. The minimum Gasteiger partial charge on any atom is -0.350 e. The molecule has 148 valence electrons. The van der Waals surface area contributed by atoms with E-state index in [1.165, 1.54) is 11.0 Å². The van der Waals surface area contributed by atoms with Crippen LogP contribution in [0.2, 0.25) is 0 Å². The molecule has 0 saturated carbocycles. The highest BCUT2D eigenvalue weighted by Gasteiger charge is 2.10. The van der Waals surface area contributed by atoms with Gasteiger partial charge in [-0.3, -0.25) is 9.59 Å². The summed E-state index contributed by atoms with van der Waals surface area (Å²) in [5.41, 5.74) is 2.81. The summed E-state index contributed by atoms with van der Waals surface area (Å²) >= 11 is 1.67. The number of rotatable bonds is 7. The van der Waals surface area contributed by atoms with E-state index in [4.69, 9.17) is 0 Å². The van der Waals surface area contributed by atoms with Crippen molar-refractivity contribution in [2.75, 3.05) is 12.8 Å². The molecule has 2 N–H and O–H groups in total. The molecule has 0 aromatic heterocycles. The average Bonchev–Trinajstić information content (AvgIpc) is 2.77. The number of hydrogen-bond donors (Lipinski definition) is 2. The molecule has 6 heteroatoms. The van der Waals surface area contributed by atoms with Crippen molar-refractivity contribution in [3.63, 3.8) is 0 Å². The van der Waals surface area contributed by atoms with Crippen molar-refractivity contribution in [2.24, 2.45) is 0 Å². The van der Waals surface area contributed by atoms with Crippen LogP contribution in [0, 0.1) is 5.82 Å². The molecule has 0 aliphatic rings. The van der Waals surface area contributed by atoms with Crippen molar-refractivity contribution in [1.82, 2.24) is 10.6 Å². The van der Waals surface area contributed by atoms with Crippen molar-refractivity contribution in [1.29, 1.82) is 0 Å². The fourth-order valence-electron chi connectivity index (χ4n) is 2.78. The van der Waals surface area contributed by atoms with E-state index in [-0.39, 0.29) is 30.7 Å². The molecule has 0 fully saturated rings. The maximum absolute atomic E-state index is 13.6. The number of carbonyl (C=O) groups excluding carboxylic acids is 2. The monoisotopic (exact) mass is 408 g/mol. The van der Waals surface area contributed by atoms with Crippen LogP contribution < -0.4 is 10.6 Å². The van der Waals surface area contributed by atoms with Crippen LogP contribution in [0.3, 0.4) is 0 Å². The Morgan fingerprint density at radius 2 is 1.66 bits per heavy atom. The number of halogens is 1. The summed E-state index contributed by atoms with van der Waals surface area (Å²) in [6, 6.07) is 21.6. The second-order valence-corrected chi connectivity index (χ2v) is 7.24. The molecule has 0 radical (unpaired) electrons. The SMILES string of the molecule is CSc1ccc(-c2cccc(C(=O)NCC(=O)NCc3ccccc3F)c2)cc1. The quantitative estimate of drug-likeness (QED) is 0.575. The Morgan fingerprint density at radius 1 is 0.897 bits per heavy atom. The first-order valence-corrected chi connectivity index (χ1v) is 10.3. The Labute approximate surface area is 173 Å². The third-order valence-electron chi connectivity index (χ3n) is 4.39. The van der Waals surface area contributed by atoms with Gasteiger partial charge in [-0.05, 0) is 47.7 Å². The summed E-state index contributed by atoms with van der Waals surface area (Å²) in [6.07, 6.45) is 2.02. The summed E-state index contributed by atoms with van der Waals surface area (Å²) in [7, 11) is 0. The van der Waals surface area contributed by atoms with E-state index < -0.39 is 0 Å². The summed E-state index contributed by atoms with van der Waals surface area (Å²) in [6.45, 7) is -0.108. The maximum Gasteiger partial charge on any atom is 0.251 e. The molecule has 0 bridgehead atoms. The standard InChI is InChI=1S/C23H21FN2O2S/c1-29-20-11-9-16(10-12-20)17-6-4-7-18(13-17)23(28)26-15-22(27)25-14-19-5-2-3-8-21(19)24/h2-13H,14-15H2,1H3,(H,25,27)(H,26,28). The highest BCUT2D eigenvalue weighted by atomic mass is 32.2. The Balaban J connectivity index is 1.56. The first kappa shape index (κ1) is 20.6. The van der Waals surface area contributed by atoms with Crippen molar-refractivity contribution >= 4 is 23.6 Å². The van der Waals surface area contributed by atoms with E-state index in [2.05, 4.69) is 10.6 Å². The van der Waals surface area contributed by atoms with Crippen LogP contribution in [0.4, 0.5) is 4.39 Å². The van der Waals surface area contributed by atoms with Gasteiger partial charge < -0.3 is 10.6 Å². The van der Waals surface area contributed by atoms with E-state index in [1.54, 1.807) is 42.1 Å². The van der Waals surface area contributed by atoms with Gasteiger partial charge in [0.2, 0.25) is 5.91 Å². The van der Waals surface area contributed by atoms with Crippen LogP contribution in [0.15, 0.2) is 77.7 Å². The van der Waals surface area contributed by atoms with E-state index >= 15 is 0 Å². The molecule has 3 rings (SSSR count). The molecule has 0 saturated heterocycles. The Morgan fingerprint density at radius 3 is 2.38 bits per heavy atom. The zero-order valence-electron chi connectivity index (χ0n) is 15.9. The number of amides is 2. The van der Waals surface area contributed by atoms with Crippen molar-refractivity contribution in [3.05, 3.63) is 89.7 Å². The van der Waals surface area contributed by atoms with Crippen LogP contribution >= 0.6 is 11.8 Å². The minimum atomic E-state index is -0.384. The fourth-order valence-corrected chi connectivity index (χ4v) is 3.19. The number of nitrogens with one attached hydrogen (secondary N) is 2. The van der Waals surface area contributed by atoms with Crippen LogP contribution in [-0.2, 0) is 11.3 Å². The van der Waals surface area contributed by atoms with E-state index in [1.807, 2.05) is 42.7 Å². The van der Waals surface area contributed by atoms with Gasteiger partial charge in [0.05, 0.1) is 6.54 Å². The predicted octanol–water partition coefficient (Wildman–Crippen LogP) is 4.26.